The Morgan fingerprint density at radius 3 is 2.50 bits per heavy atom. The summed E-state index contributed by atoms with van der Waals surface area (Å²) >= 11 is 0. The average molecular weight is 427 g/mol. The van der Waals surface area contributed by atoms with Crippen molar-refractivity contribution >= 4 is 16.9 Å². The first-order valence-corrected chi connectivity index (χ1v) is 11.1. The monoisotopic (exact) mass is 426 g/mol. The quantitative estimate of drug-likeness (QED) is 0.517. The lowest BCUT2D eigenvalue weighted by Crippen LogP contribution is -2.32. The van der Waals surface area contributed by atoms with E-state index in [1.165, 1.54) is 16.7 Å². The van der Waals surface area contributed by atoms with Crippen molar-refractivity contribution in [1.29, 1.82) is 0 Å². The molecule has 32 heavy (non-hydrogen) atoms. The van der Waals surface area contributed by atoms with Crippen LogP contribution in [0.5, 0.6) is 11.5 Å². The Hall–Kier alpha value is -3.40. The van der Waals surface area contributed by atoms with Crippen LogP contribution in [0.2, 0.25) is 0 Å². The van der Waals surface area contributed by atoms with Crippen molar-refractivity contribution in [3.63, 3.8) is 0 Å². The summed E-state index contributed by atoms with van der Waals surface area (Å²) in [7, 11) is 5.88. The highest BCUT2D eigenvalue weighted by atomic mass is 16.5. The summed E-state index contributed by atoms with van der Waals surface area (Å²) in [4.78, 5) is 2.15. The van der Waals surface area contributed by atoms with Crippen LogP contribution in [-0.4, -0.2) is 26.7 Å². The van der Waals surface area contributed by atoms with Gasteiger partial charge >= 0.3 is 0 Å². The topological polar surface area (TPSA) is 33.7 Å². The number of anilines is 2. The van der Waals surface area contributed by atoms with Gasteiger partial charge in [-0.25, -0.2) is 0 Å². The largest absolute Gasteiger partial charge is 0.496 e. The van der Waals surface area contributed by atoms with Crippen molar-refractivity contribution in [2.75, 3.05) is 31.4 Å². The first-order valence-electron chi connectivity index (χ1n) is 11.1. The molecule has 3 aromatic rings. The van der Waals surface area contributed by atoms with Gasteiger partial charge in [0, 0.05) is 42.2 Å². The molecule has 4 heteroatoms. The molecule has 0 saturated carbocycles. The number of nitrogens with zero attached hydrogens (tertiary/aromatic N) is 1. The van der Waals surface area contributed by atoms with Crippen LogP contribution in [0, 0.1) is 0 Å². The van der Waals surface area contributed by atoms with Crippen molar-refractivity contribution in [3.8, 4) is 22.6 Å². The number of fused-ring (bicyclic) bond motifs is 5. The Morgan fingerprint density at radius 1 is 0.969 bits per heavy atom. The minimum Gasteiger partial charge on any atom is -0.496 e. The van der Waals surface area contributed by atoms with Gasteiger partial charge in [0.05, 0.1) is 18.2 Å². The van der Waals surface area contributed by atoms with Gasteiger partial charge in [0.15, 0.2) is 6.10 Å². The minimum atomic E-state index is -0.232. The molecule has 0 bridgehead atoms. The van der Waals surface area contributed by atoms with Crippen molar-refractivity contribution in [2.24, 2.45) is 0 Å². The van der Waals surface area contributed by atoms with Crippen LogP contribution in [0.15, 0.2) is 60.7 Å². The second kappa shape index (κ2) is 7.33. The van der Waals surface area contributed by atoms with E-state index in [4.69, 9.17) is 9.47 Å². The van der Waals surface area contributed by atoms with Crippen molar-refractivity contribution in [2.45, 2.75) is 32.4 Å². The Bertz CT molecular complexity index is 1240. The molecule has 5 rings (SSSR count). The maximum atomic E-state index is 6.78. The smallest absolute Gasteiger partial charge is 0.152 e. The maximum absolute atomic E-state index is 6.78. The van der Waals surface area contributed by atoms with Crippen LogP contribution in [0.3, 0.4) is 0 Å². The highest BCUT2D eigenvalue weighted by Crippen LogP contribution is 2.54. The zero-order valence-electron chi connectivity index (χ0n) is 19.6. The van der Waals surface area contributed by atoms with E-state index in [0.29, 0.717) is 0 Å². The van der Waals surface area contributed by atoms with Crippen LogP contribution in [0.25, 0.3) is 16.7 Å². The molecule has 1 unspecified atom stereocenters. The van der Waals surface area contributed by atoms with Crippen LogP contribution in [0.4, 0.5) is 11.4 Å². The van der Waals surface area contributed by atoms with Crippen LogP contribution in [0.1, 0.15) is 43.6 Å². The predicted molar refractivity (Wildman–Crippen MR) is 133 cm³/mol. The Balaban J connectivity index is 1.85. The molecule has 3 aromatic carbocycles. The third-order valence-corrected chi connectivity index (χ3v) is 6.36. The molecular weight excluding hydrogens is 396 g/mol. The van der Waals surface area contributed by atoms with E-state index >= 15 is 0 Å². The molecule has 0 fully saturated rings. The van der Waals surface area contributed by atoms with Gasteiger partial charge in [0.25, 0.3) is 0 Å². The molecule has 2 heterocycles. The third-order valence-electron chi connectivity index (χ3n) is 6.36. The van der Waals surface area contributed by atoms with Gasteiger partial charge in [0.2, 0.25) is 0 Å². The fourth-order valence-corrected chi connectivity index (χ4v) is 5.20. The lowest BCUT2D eigenvalue weighted by atomic mass is 9.80. The Kier molecular flexibility index (Phi) is 4.70. The second-order valence-corrected chi connectivity index (χ2v) is 9.41. The molecule has 0 amide bonds. The van der Waals surface area contributed by atoms with E-state index in [1.807, 2.05) is 18.2 Å². The van der Waals surface area contributed by atoms with Crippen LogP contribution < -0.4 is 19.7 Å². The van der Waals surface area contributed by atoms with E-state index in [-0.39, 0.29) is 11.6 Å². The molecule has 2 aliphatic heterocycles. The minimum absolute atomic E-state index is 0.104. The fourth-order valence-electron chi connectivity index (χ4n) is 5.20. The molecule has 0 spiro atoms. The summed E-state index contributed by atoms with van der Waals surface area (Å²) in [6, 6.07) is 18.9. The molecule has 0 aromatic heterocycles. The van der Waals surface area contributed by atoms with E-state index in [1.54, 1.807) is 7.11 Å². The predicted octanol–water partition coefficient (Wildman–Crippen LogP) is 6.52. The number of methoxy groups -OCH3 is 1. The SMILES string of the molecule is COc1cccc2c1-c1ccc3c(c1C(c1ccccc1N(C)C)O2)C(C)=CC(C)(C)N3. The first kappa shape index (κ1) is 20.5. The number of hydrogen-bond donors (Lipinski definition) is 1. The van der Waals surface area contributed by atoms with Gasteiger partial charge in [-0.15, -0.1) is 0 Å². The standard InChI is InChI=1S/C28H30N2O2/c1-17-16-28(2,3)29-20-15-14-19-25-22(31-6)12-9-13-23(25)32-27(26(19)24(17)20)18-10-7-8-11-21(18)30(4)5/h7-16,27,29H,1-6H3. The van der Waals surface area contributed by atoms with Crippen molar-refractivity contribution in [1.82, 2.24) is 0 Å². The van der Waals surface area contributed by atoms with Crippen molar-refractivity contribution in [3.05, 3.63) is 77.4 Å². The Morgan fingerprint density at radius 2 is 1.75 bits per heavy atom. The van der Waals surface area contributed by atoms with Crippen molar-refractivity contribution < 1.29 is 9.47 Å². The van der Waals surface area contributed by atoms with E-state index in [2.05, 4.69) is 87.6 Å². The maximum Gasteiger partial charge on any atom is 0.152 e. The van der Waals surface area contributed by atoms with Gasteiger partial charge < -0.3 is 19.7 Å². The number of nitrogens with one attached hydrogen (secondary N) is 1. The average Bonchev–Trinajstić information content (AvgIpc) is 2.76. The summed E-state index contributed by atoms with van der Waals surface area (Å²) in [6.07, 6.45) is 2.08. The van der Waals surface area contributed by atoms with Crippen LogP contribution in [-0.2, 0) is 0 Å². The third kappa shape index (κ3) is 3.13. The van der Waals surface area contributed by atoms with Gasteiger partial charge in [-0.2, -0.15) is 0 Å². The van der Waals surface area contributed by atoms with E-state index in [0.717, 1.165) is 39.6 Å². The zero-order chi connectivity index (χ0) is 22.6. The molecule has 0 saturated heterocycles. The van der Waals surface area contributed by atoms with E-state index in [9.17, 15) is 0 Å². The number of ether oxygens (including phenoxy) is 2. The molecule has 1 atom stereocenters. The normalized spacial score (nSPS) is 17.7. The molecule has 4 nitrogen and oxygen atoms in total. The molecule has 1 N–H and O–H groups in total. The Labute approximate surface area is 190 Å². The molecular formula is C28H30N2O2. The summed E-state index contributed by atoms with van der Waals surface area (Å²) < 4.78 is 12.5. The van der Waals surface area contributed by atoms with Gasteiger partial charge in [-0.05, 0) is 56.2 Å². The summed E-state index contributed by atoms with van der Waals surface area (Å²) in [5, 5.41) is 3.71. The summed E-state index contributed by atoms with van der Waals surface area (Å²) in [5.74, 6) is 1.68. The summed E-state index contributed by atoms with van der Waals surface area (Å²) in [6.45, 7) is 6.60. The lowest BCUT2D eigenvalue weighted by molar-refractivity contribution is 0.242. The molecule has 0 aliphatic carbocycles. The fraction of sp³-hybridized carbons (Fsp3) is 0.286. The number of rotatable bonds is 3. The number of allylic oxidation sites excluding steroid dienone is 1. The lowest BCUT2D eigenvalue weighted by Gasteiger charge is -2.38. The number of para-hydroxylation sites is 1. The zero-order valence-corrected chi connectivity index (χ0v) is 19.6. The van der Waals surface area contributed by atoms with Gasteiger partial charge in [-0.3, -0.25) is 0 Å². The second-order valence-electron chi connectivity index (χ2n) is 9.41. The highest BCUT2D eigenvalue weighted by molar-refractivity contribution is 5.92. The summed E-state index contributed by atoms with van der Waals surface area (Å²) in [5.41, 5.74) is 9.18. The number of hydrogen-bond acceptors (Lipinski definition) is 4. The molecule has 164 valence electrons. The highest BCUT2D eigenvalue weighted by Gasteiger charge is 2.36. The molecule has 2 aliphatic rings. The van der Waals surface area contributed by atoms with Gasteiger partial charge in [-0.1, -0.05) is 36.4 Å². The molecule has 0 radical (unpaired) electrons. The first-order chi connectivity index (χ1) is 15.3. The van der Waals surface area contributed by atoms with E-state index < -0.39 is 0 Å². The van der Waals surface area contributed by atoms with Crippen LogP contribution >= 0.6 is 0 Å². The number of benzene rings is 3. The van der Waals surface area contributed by atoms with Gasteiger partial charge in [0.1, 0.15) is 11.5 Å².